The second-order valence-corrected chi connectivity index (χ2v) is 4.51. The molecule has 0 spiro atoms. The summed E-state index contributed by atoms with van der Waals surface area (Å²) in [4.78, 5) is 11.9. The molecule has 1 aromatic rings. The summed E-state index contributed by atoms with van der Waals surface area (Å²) in [7, 11) is 1.81. The highest BCUT2D eigenvalue weighted by Gasteiger charge is 2.16. The Morgan fingerprint density at radius 3 is 3.19 bits per heavy atom. The lowest BCUT2D eigenvalue weighted by Crippen LogP contribution is -2.30. The molecule has 1 aliphatic rings. The molecule has 0 saturated carbocycles. The third kappa shape index (κ3) is 2.70. The highest BCUT2D eigenvalue weighted by Crippen LogP contribution is 2.17. The molecule has 4 nitrogen and oxygen atoms in total. The first-order valence-electron chi connectivity index (χ1n) is 5.99. The first-order valence-corrected chi connectivity index (χ1v) is 5.99. The normalized spacial score (nSPS) is 20.9. The van der Waals surface area contributed by atoms with E-state index in [2.05, 4.69) is 10.4 Å². The lowest BCUT2D eigenvalue weighted by Gasteiger charge is -2.22. The summed E-state index contributed by atoms with van der Waals surface area (Å²) in [6, 6.07) is 1.79. The molecule has 0 amide bonds. The van der Waals surface area contributed by atoms with Crippen LogP contribution in [0.25, 0.3) is 0 Å². The molecule has 2 rings (SSSR count). The molecule has 0 radical (unpaired) electrons. The maximum Gasteiger partial charge on any atom is 0.180 e. The van der Waals surface area contributed by atoms with Crippen molar-refractivity contribution in [2.75, 3.05) is 13.1 Å². The van der Waals surface area contributed by atoms with Crippen molar-refractivity contribution in [2.45, 2.75) is 25.7 Å². The molecule has 0 aromatic carbocycles. The van der Waals surface area contributed by atoms with Gasteiger partial charge in [-0.1, -0.05) is 0 Å². The maximum atomic E-state index is 11.9. The molecule has 1 unspecified atom stereocenters. The maximum absolute atomic E-state index is 11.9. The van der Waals surface area contributed by atoms with Gasteiger partial charge in [0.2, 0.25) is 0 Å². The number of nitrogens with zero attached hydrogens (tertiary/aromatic N) is 2. The average Bonchev–Trinajstić information content (AvgIpc) is 2.74. The van der Waals surface area contributed by atoms with E-state index < -0.39 is 0 Å². The van der Waals surface area contributed by atoms with Crippen molar-refractivity contribution in [3.8, 4) is 0 Å². The van der Waals surface area contributed by atoms with Gasteiger partial charge in [-0.25, -0.2) is 0 Å². The van der Waals surface area contributed by atoms with Gasteiger partial charge in [0, 0.05) is 19.7 Å². The highest BCUT2D eigenvalue weighted by molar-refractivity contribution is 5.94. The van der Waals surface area contributed by atoms with Crippen LogP contribution in [0.15, 0.2) is 12.3 Å². The van der Waals surface area contributed by atoms with Gasteiger partial charge in [0.25, 0.3) is 0 Å². The molecule has 0 bridgehead atoms. The van der Waals surface area contributed by atoms with Crippen LogP contribution in [0.5, 0.6) is 0 Å². The van der Waals surface area contributed by atoms with Gasteiger partial charge in [0.05, 0.1) is 0 Å². The fourth-order valence-corrected chi connectivity index (χ4v) is 2.28. The van der Waals surface area contributed by atoms with Crippen LogP contribution < -0.4 is 5.32 Å². The van der Waals surface area contributed by atoms with Crippen molar-refractivity contribution in [1.82, 2.24) is 15.1 Å². The Morgan fingerprint density at radius 2 is 2.56 bits per heavy atom. The van der Waals surface area contributed by atoms with E-state index in [1.165, 1.54) is 12.8 Å². The number of nitrogens with one attached hydrogen (secondary N) is 1. The van der Waals surface area contributed by atoms with E-state index in [0.717, 1.165) is 25.2 Å². The van der Waals surface area contributed by atoms with Gasteiger partial charge in [-0.3, -0.25) is 9.48 Å². The minimum absolute atomic E-state index is 0.213. The number of carbonyl (C=O) groups is 1. The van der Waals surface area contributed by atoms with Crippen LogP contribution in [0, 0.1) is 5.92 Å². The lowest BCUT2D eigenvalue weighted by atomic mass is 9.93. The number of aromatic nitrogens is 2. The van der Waals surface area contributed by atoms with Crippen LogP contribution >= 0.6 is 0 Å². The van der Waals surface area contributed by atoms with Crippen molar-refractivity contribution < 1.29 is 4.79 Å². The number of hydrogen-bond donors (Lipinski definition) is 1. The fraction of sp³-hybridized carbons (Fsp3) is 0.667. The Morgan fingerprint density at radius 1 is 1.69 bits per heavy atom. The number of piperidine rings is 1. The molecule has 1 fully saturated rings. The van der Waals surface area contributed by atoms with Crippen molar-refractivity contribution in [1.29, 1.82) is 0 Å². The number of aryl methyl sites for hydroxylation is 1. The van der Waals surface area contributed by atoms with E-state index in [-0.39, 0.29) is 5.78 Å². The van der Waals surface area contributed by atoms with Gasteiger partial charge < -0.3 is 5.32 Å². The molecule has 1 saturated heterocycles. The van der Waals surface area contributed by atoms with Crippen molar-refractivity contribution in [2.24, 2.45) is 13.0 Å². The van der Waals surface area contributed by atoms with E-state index in [9.17, 15) is 4.79 Å². The predicted molar refractivity (Wildman–Crippen MR) is 62.4 cm³/mol. The number of carbonyl (C=O) groups excluding carboxylic acids is 1. The topological polar surface area (TPSA) is 46.9 Å². The molecular weight excluding hydrogens is 202 g/mol. The van der Waals surface area contributed by atoms with Crippen molar-refractivity contribution in [3.63, 3.8) is 0 Å². The molecule has 1 atom stereocenters. The van der Waals surface area contributed by atoms with Crippen LogP contribution in [-0.2, 0) is 7.05 Å². The summed E-state index contributed by atoms with van der Waals surface area (Å²) in [5, 5.41) is 7.39. The van der Waals surface area contributed by atoms with Gasteiger partial charge in [-0.15, -0.1) is 0 Å². The Hall–Kier alpha value is -1.16. The van der Waals surface area contributed by atoms with E-state index in [0.29, 0.717) is 12.3 Å². The zero-order valence-corrected chi connectivity index (χ0v) is 9.78. The van der Waals surface area contributed by atoms with Gasteiger partial charge in [0.1, 0.15) is 5.69 Å². The second kappa shape index (κ2) is 5.25. The second-order valence-electron chi connectivity index (χ2n) is 4.51. The van der Waals surface area contributed by atoms with Crippen LogP contribution in [0.1, 0.15) is 36.2 Å². The molecule has 1 aromatic heterocycles. The van der Waals surface area contributed by atoms with Crippen molar-refractivity contribution in [3.05, 3.63) is 18.0 Å². The molecule has 4 heteroatoms. The zero-order chi connectivity index (χ0) is 11.4. The fourth-order valence-electron chi connectivity index (χ4n) is 2.28. The minimum Gasteiger partial charge on any atom is -0.316 e. The summed E-state index contributed by atoms with van der Waals surface area (Å²) < 4.78 is 1.65. The van der Waals surface area contributed by atoms with E-state index in [4.69, 9.17) is 0 Å². The smallest absolute Gasteiger partial charge is 0.180 e. The predicted octanol–water partition coefficient (Wildman–Crippen LogP) is 1.38. The molecule has 1 aliphatic heterocycles. The number of ketones is 1. The van der Waals surface area contributed by atoms with Gasteiger partial charge in [0.15, 0.2) is 5.78 Å². The summed E-state index contributed by atoms with van der Waals surface area (Å²) in [5.74, 6) is 0.886. The molecule has 0 aliphatic carbocycles. The van der Waals surface area contributed by atoms with Crippen LogP contribution in [0.2, 0.25) is 0 Å². The Balaban J connectivity index is 1.81. The minimum atomic E-state index is 0.213. The van der Waals surface area contributed by atoms with Gasteiger partial charge in [-0.2, -0.15) is 5.10 Å². The molecular formula is C12H19N3O. The zero-order valence-electron chi connectivity index (χ0n) is 9.78. The van der Waals surface area contributed by atoms with Crippen LogP contribution in [0.3, 0.4) is 0 Å². The summed E-state index contributed by atoms with van der Waals surface area (Å²) in [6.07, 6.45) is 5.81. The summed E-state index contributed by atoms with van der Waals surface area (Å²) in [6.45, 7) is 2.20. The largest absolute Gasteiger partial charge is 0.316 e. The third-order valence-corrected chi connectivity index (χ3v) is 3.29. The lowest BCUT2D eigenvalue weighted by molar-refractivity contribution is 0.0962. The highest BCUT2D eigenvalue weighted by atomic mass is 16.1. The number of rotatable bonds is 4. The monoisotopic (exact) mass is 221 g/mol. The van der Waals surface area contributed by atoms with E-state index >= 15 is 0 Å². The van der Waals surface area contributed by atoms with Gasteiger partial charge in [-0.05, 0) is 44.3 Å². The number of hydrogen-bond acceptors (Lipinski definition) is 3. The number of Topliss-reactive ketones (excluding diaryl/α,β-unsaturated/α-hetero) is 1. The summed E-state index contributed by atoms with van der Waals surface area (Å²) in [5.41, 5.74) is 0.726. The molecule has 16 heavy (non-hydrogen) atoms. The molecule has 1 N–H and O–H groups in total. The molecule has 88 valence electrons. The standard InChI is InChI=1S/C12H19N3O/c1-15-11(6-8-14-15)12(16)5-4-10-3-2-7-13-9-10/h6,8,10,13H,2-5,7,9H2,1H3. The summed E-state index contributed by atoms with van der Waals surface area (Å²) >= 11 is 0. The molecule has 2 heterocycles. The Bertz CT molecular complexity index is 353. The van der Waals surface area contributed by atoms with Crippen molar-refractivity contribution >= 4 is 5.78 Å². The van der Waals surface area contributed by atoms with Gasteiger partial charge >= 0.3 is 0 Å². The quantitative estimate of drug-likeness (QED) is 0.781. The van der Waals surface area contributed by atoms with E-state index in [1.807, 2.05) is 7.05 Å². The third-order valence-electron chi connectivity index (χ3n) is 3.29. The Kier molecular flexibility index (Phi) is 3.72. The average molecular weight is 221 g/mol. The van der Waals surface area contributed by atoms with Crippen LogP contribution in [-0.4, -0.2) is 28.7 Å². The van der Waals surface area contributed by atoms with Crippen LogP contribution in [0.4, 0.5) is 0 Å². The van der Waals surface area contributed by atoms with E-state index in [1.54, 1.807) is 16.9 Å². The first-order chi connectivity index (χ1) is 7.77. The Labute approximate surface area is 96.0 Å². The first kappa shape index (κ1) is 11.3. The SMILES string of the molecule is Cn1nccc1C(=O)CCC1CCCNC1.